The Kier molecular flexibility index (Phi) is 6.99. The van der Waals surface area contributed by atoms with Crippen molar-refractivity contribution in [2.45, 2.75) is 31.7 Å². The molecule has 8 heteroatoms. The number of piperazine rings is 1. The molecule has 2 aromatic rings. The van der Waals surface area contributed by atoms with Gasteiger partial charge in [0.05, 0.1) is 23.2 Å². The van der Waals surface area contributed by atoms with Gasteiger partial charge in [-0.2, -0.15) is 4.72 Å². The van der Waals surface area contributed by atoms with E-state index in [1.807, 2.05) is 38.1 Å². The third-order valence-corrected chi connectivity index (χ3v) is 6.69. The van der Waals surface area contributed by atoms with Crippen molar-refractivity contribution in [3.63, 3.8) is 0 Å². The topological polar surface area (TPSA) is 79.0 Å². The maximum absolute atomic E-state index is 12.8. The standard InChI is InChI=1S/C22H29N3O4S/c1-4-29-21-8-6-5-7-20(21)24-13-15-25(16-14-24)22(26)18(3)23-30(27,28)19-11-9-17(2)10-12-19/h5-12,18,23H,4,13-16H2,1-3H3. The van der Waals surface area contributed by atoms with Crippen molar-refractivity contribution in [2.75, 3.05) is 37.7 Å². The van der Waals surface area contributed by atoms with Crippen LogP contribution in [0.5, 0.6) is 5.75 Å². The summed E-state index contributed by atoms with van der Waals surface area (Å²) in [5.41, 5.74) is 1.99. The summed E-state index contributed by atoms with van der Waals surface area (Å²) in [6.45, 7) is 8.39. The Labute approximate surface area is 178 Å². The zero-order chi connectivity index (χ0) is 21.7. The van der Waals surface area contributed by atoms with Crippen LogP contribution in [0, 0.1) is 6.92 Å². The maximum Gasteiger partial charge on any atom is 0.241 e. The number of anilines is 1. The number of nitrogens with one attached hydrogen (secondary N) is 1. The van der Waals surface area contributed by atoms with E-state index < -0.39 is 16.1 Å². The fourth-order valence-electron chi connectivity index (χ4n) is 3.51. The summed E-state index contributed by atoms with van der Waals surface area (Å²) in [6, 6.07) is 13.6. The number of benzene rings is 2. The first kappa shape index (κ1) is 22.1. The molecule has 0 saturated carbocycles. The lowest BCUT2D eigenvalue weighted by Crippen LogP contribution is -2.54. The van der Waals surface area contributed by atoms with Gasteiger partial charge < -0.3 is 14.5 Å². The Hall–Kier alpha value is -2.58. The van der Waals surface area contributed by atoms with Crippen LogP contribution in [0.2, 0.25) is 0 Å². The number of nitrogens with zero attached hydrogens (tertiary/aromatic N) is 2. The lowest BCUT2D eigenvalue weighted by molar-refractivity contribution is -0.132. The fraction of sp³-hybridized carbons (Fsp3) is 0.409. The summed E-state index contributed by atoms with van der Waals surface area (Å²) in [4.78, 5) is 16.9. The second-order valence-corrected chi connectivity index (χ2v) is 9.08. The highest BCUT2D eigenvalue weighted by atomic mass is 32.2. The molecule has 0 aromatic heterocycles. The van der Waals surface area contributed by atoms with E-state index in [9.17, 15) is 13.2 Å². The van der Waals surface area contributed by atoms with Gasteiger partial charge in [0.25, 0.3) is 0 Å². The fourth-order valence-corrected chi connectivity index (χ4v) is 4.70. The predicted octanol–water partition coefficient (Wildman–Crippen LogP) is 2.41. The molecule has 1 atom stereocenters. The summed E-state index contributed by atoms with van der Waals surface area (Å²) >= 11 is 0. The van der Waals surface area contributed by atoms with Crippen molar-refractivity contribution >= 4 is 21.6 Å². The smallest absolute Gasteiger partial charge is 0.241 e. The van der Waals surface area contributed by atoms with E-state index in [2.05, 4.69) is 9.62 Å². The van der Waals surface area contributed by atoms with Gasteiger partial charge in [0.1, 0.15) is 5.75 Å². The highest BCUT2D eigenvalue weighted by molar-refractivity contribution is 7.89. The molecule has 1 fully saturated rings. The second kappa shape index (κ2) is 9.49. The molecule has 1 heterocycles. The van der Waals surface area contributed by atoms with E-state index >= 15 is 0 Å². The molecule has 7 nitrogen and oxygen atoms in total. The first-order chi connectivity index (χ1) is 14.3. The summed E-state index contributed by atoms with van der Waals surface area (Å²) in [5, 5.41) is 0. The first-order valence-electron chi connectivity index (χ1n) is 10.2. The number of hydrogen-bond acceptors (Lipinski definition) is 5. The van der Waals surface area contributed by atoms with Crippen LogP contribution < -0.4 is 14.4 Å². The van der Waals surface area contributed by atoms with Gasteiger partial charge >= 0.3 is 0 Å². The van der Waals surface area contributed by atoms with Crippen LogP contribution in [0.15, 0.2) is 53.4 Å². The zero-order valence-electron chi connectivity index (χ0n) is 17.7. The van der Waals surface area contributed by atoms with E-state index in [0.29, 0.717) is 32.8 Å². The van der Waals surface area contributed by atoms with E-state index in [4.69, 9.17) is 4.74 Å². The molecule has 0 radical (unpaired) electrons. The Morgan fingerprint density at radius 1 is 1.07 bits per heavy atom. The average Bonchev–Trinajstić information content (AvgIpc) is 2.74. The van der Waals surface area contributed by atoms with E-state index in [1.54, 1.807) is 36.1 Å². The number of rotatable bonds is 7. The van der Waals surface area contributed by atoms with Crippen molar-refractivity contribution in [3.8, 4) is 5.75 Å². The average molecular weight is 432 g/mol. The van der Waals surface area contributed by atoms with Gasteiger partial charge in [0, 0.05) is 26.2 Å². The highest BCUT2D eigenvalue weighted by Crippen LogP contribution is 2.28. The largest absolute Gasteiger partial charge is 0.492 e. The van der Waals surface area contributed by atoms with Gasteiger partial charge in [-0.3, -0.25) is 4.79 Å². The number of sulfonamides is 1. The molecular weight excluding hydrogens is 402 g/mol. The van der Waals surface area contributed by atoms with Gasteiger partial charge in [-0.1, -0.05) is 29.8 Å². The number of carbonyl (C=O) groups excluding carboxylic acids is 1. The number of carbonyl (C=O) groups is 1. The lowest BCUT2D eigenvalue weighted by atomic mass is 10.2. The SMILES string of the molecule is CCOc1ccccc1N1CCN(C(=O)C(C)NS(=O)(=O)c2ccc(C)cc2)CC1. The van der Waals surface area contributed by atoms with Gasteiger partial charge in [-0.25, -0.2) is 8.42 Å². The van der Waals surface area contributed by atoms with Crippen molar-refractivity contribution in [3.05, 3.63) is 54.1 Å². The maximum atomic E-state index is 12.8. The molecule has 1 N–H and O–H groups in total. The summed E-state index contributed by atoms with van der Waals surface area (Å²) in [6.07, 6.45) is 0. The van der Waals surface area contributed by atoms with Crippen molar-refractivity contribution in [2.24, 2.45) is 0 Å². The molecule has 1 aliphatic rings. The third kappa shape index (κ3) is 5.12. The number of aryl methyl sites for hydroxylation is 1. The molecule has 0 bridgehead atoms. The summed E-state index contributed by atoms with van der Waals surface area (Å²) in [5.74, 6) is 0.613. The van der Waals surface area contributed by atoms with Crippen LogP contribution >= 0.6 is 0 Å². The molecule has 30 heavy (non-hydrogen) atoms. The highest BCUT2D eigenvalue weighted by Gasteiger charge is 2.29. The minimum Gasteiger partial charge on any atom is -0.492 e. The van der Waals surface area contributed by atoms with Crippen LogP contribution in [0.25, 0.3) is 0 Å². The van der Waals surface area contributed by atoms with Crippen LogP contribution in [0.1, 0.15) is 19.4 Å². The number of ether oxygens (including phenoxy) is 1. The van der Waals surface area contributed by atoms with Gasteiger partial charge in [-0.15, -0.1) is 0 Å². The molecular formula is C22H29N3O4S. The van der Waals surface area contributed by atoms with Gasteiger partial charge in [0.2, 0.25) is 15.9 Å². The van der Waals surface area contributed by atoms with Gasteiger partial charge in [-0.05, 0) is 45.0 Å². The van der Waals surface area contributed by atoms with Crippen molar-refractivity contribution in [1.29, 1.82) is 0 Å². The van der Waals surface area contributed by atoms with E-state index in [1.165, 1.54) is 0 Å². The van der Waals surface area contributed by atoms with Crippen molar-refractivity contribution in [1.82, 2.24) is 9.62 Å². The minimum absolute atomic E-state index is 0.158. The van der Waals surface area contributed by atoms with Gasteiger partial charge in [0.15, 0.2) is 0 Å². The number of amides is 1. The van der Waals surface area contributed by atoms with Crippen LogP contribution in [-0.4, -0.2) is 58.1 Å². The summed E-state index contributed by atoms with van der Waals surface area (Å²) in [7, 11) is -3.75. The predicted molar refractivity (Wildman–Crippen MR) is 117 cm³/mol. The molecule has 162 valence electrons. The molecule has 1 saturated heterocycles. The second-order valence-electron chi connectivity index (χ2n) is 7.37. The van der Waals surface area contributed by atoms with Crippen molar-refractivity contribution < 1.29 is 17.9 Å². The monoisotopic (exact) mass is 431 g/mol. The van der Waals surface area contributed by atoms with Crippen LogP contribution in [0.3, 0.4) is 0 Å². The van der Waals surface area contributed by atoms with E-state index in [0.717, 1.165) is 17.0 Å². The Bertz CT molecular complexity index is 968. The Morgan fingerprint density at radius 2 is 1.70 bits per heavy atom. The zero-order valence-corrected chi connectivity index (χ0v) is 18.5. The first-order valence-corrected chi connectivity index (χ1v) is 11.6. The molecule has 2 aromatic carbocycles. The normalized spacial score (nSPS) is 15.7. The number of hydrogen-bond donors (Lipinski definition) is 1. The minimum atomic E-state index is -3.75. The third-order valence-electron chi connectivity index (χ3n) is 5.13. The Balaban J connectivity index is 1.60. The van der Waals surface area contributed by atoms with Crippen LogP contribution in [-0.2, 0) is 14.8 Å². The molecule has 0 aliphatic carbocycles. The van der Waals surface area contributed by atoms with Crippen LogP contribution in [0.4, 0.5) is 5.69 Å². The molecule has 0 spiro atoms. The lowest BCUT2D eigenvalue weighted by Gasteiger charge is -2.37. The number of para-hydroxylation sites is 2. The molecule has 1 aliphatic heterocycles. The Morgan fingerprint density at radius 3 is 2.33 bits per heavy atom. The summed E-state index contributed by atoms with van der Waals surface area (Å²) < 4.78 is 33.4. The quantitative estimate of drug-likeness (QED) is 0.728. The molecule has 3 rings (SSSR count). The molecule has 1 amide bonds. The molecule has 1 unspecified atom stereocenters. The van der Waals surface area contributed by atoms with E-state index in [-0.39, 0.29) is 10.8 Å².